The first kappa shape index (κ1) is 37.0. The highest BCUT2D eigenvalue weighted by Gasteiger charge is 2.35. The third kappa shape index (κ3) is 21.6. The first-order valence-corrected chi connectivity index (χ1v) is 15.1. The maximum atomic E-state index is 6.61. The first-order valence-electron chi connectivity index (χ1n) is 15.1. The molecule has 5 nitrogen and oxygen atoms in total. The smallest absolute Gasteiger partial charge is 0.283 e. The number of hydrogen-bond donors (Lipinski definition) is 0. The third-order valence-electron chi connectivity index (χ3n) is 6.48. The molecule has 0 aromatic rings. The van der Waals surface area contributed by atoms with E-state index in [4.69, 9.17) is 18.9 Å². The van der Waals surface area contributed by atoms with Gasteiger partial charge in [0.15, 0.2) is 0 Å². The van der Waals surface area contributed by atoms with Crippen LogP contribution in [0.5, 0.6) is 0 Å². The normalized spacial score (nSPS) is 14.9. The fourth-order valence-corrected chi connectivity index (χ4v) is 4.29. The summed E-state index contributed by atoms with van der Waals surface area (Å²) in [5, 5.41) is 0. The van der Waals surface area contributed by atoms with Gasteiger partial charge in [0.05, 0.1) is 25.4 Å². The van der Waals surface area contributed by atoms with Crippen LogP contribution in [0.3, 0.4) is 0 Å². The van der Waals surface area contributed by atoms with E-state index in [2.05, 4.69) is 41.5 Å². The lowest BCUT2D eigenvalue weighted by Gasteiger charge is -2.36. The van der Waals surface area contributed by atoms with E-state index in [1.807, 2.05) is 0 Å². The average molecular weight is 505 g/mol. The van der Waals surface area contributed by atoms with Crippen molar-refractivity contribution >= 4 is 0 Å². The van der Waals surface area contributed by atoms with E-state index in [9.17, 15) is 0 Å². The highest BCUT2D eigenvalue weighted by Crippen LogP contribution is 2.28. The van der Waals surface area contributed by atoms with Crippen molar-refractivity contribution in [2.45, 2.75) is 175 Å². The molecule has 0 aliphatic carbocycles. The van der Waals surface area contributed by atoms with Crippen molar-refractivity contribution in [2.24, 2.45) is 0 Å². The SMILES string of the molecule is CCCCCCC(OCCCCC)(OCCC(CCC)OCCCCC)OC(C)CCCCC.O. The maximum absolute atomic E-state index is 6.61. The van der Waals surface area contributed by atoms with Crippen molar-refractivity contribution in [1.29, 1.82) is 0 Å². The molecule has 0 spiro atoms. The first-order chi connectivity index (χ1) is 16.6. The lowest BCUT2D eigenvalue weighted by atomic mass is 10.1. The lowest BCUT2D eigenvalue weighted by molar-refractivity contribution is -0.396. The Balaban J connectivity index is 0. The van der Waals surface area contributed by atoms with Crippen molar-refractivity contribution in [1.82, 2.24) is 0 Å². The summed E-state index contributed by atoms with van der Waals surface area (Å²) in [6, 6.07) is 0. The summed E-state index contributed by atoms with van der Waals surface area (Å²) in [4.78, 5) is 0. The van der Waals surface area contributed by atoms with E-state index in [1.165, 1.54) is 64.2 Å². The van der Waals surface area contributed by atoms with Gasteiger partial charge < -0.3 is 24.4 Å². The molecular weight excluding hydrogens is 440 g/mol. The van der Waals surface area contributed by atoms with Crippen molar-refractivity contribution in [2.75, 3.05) is 19.8 Å². The number of rotatable bonds is 27. The standard InChI is InChI=1S/C30H62O4.H2O/c1-7-12-16-18-24-30(32-26-20-15-10-4,34-28(6)22-17-13-8-2)33-27-23-29(21-11-5)31-25-19-14-9-3;/h28-29H,7-27H2,1-6H3;1H2. The largest absolute Gasteiger partial charge is 0.412 e. The van der Waals surface area contributed by atoms with E-state index in [0.29, 0.717) is 13.2 Å². The maximum Gasteiger partial charge on any atom is 0.283 e. The molecular formula is C30H64O5. The Kier molecular flexibility index (Phi) is 28.4. The second-order valence-electron chi connectivity index (χ2n) is 10.1. The molecule has 2 N–H and O–H groups in total. The summed E-state index contributed by atoms with van der Waals surface area (Å²) in [6.07, 6.45) is 20.9. The summed E-state index contributed by atoms with van der Waals surface area (Å²) in [6.45, 7) is 15.6. The molecule has 0 aliphatic rings. The van der Waals surface area contributed by atoms with Crippen LogP contribution in [0.25, 0.3) is 0 Å². The minimum Gasteiger partial charge on any atom is -0.412 e. The lowest BCUT2D eigenvalue weighted by Crippen LogP contribution is -2.43. The van der Waals surface area contributed by atoms with E-state index >= 15 is 0 Å². The monoisotopic (exact) mass is 504 g/mol. The topological polar surface area (TPSA) is 68.4 Å². The highest BCUT2D eigenvalue weighted by atomic mass is 16.9. The van der Waals surface area contributed by atoms with Gasteiger partial charge in [0.25, 0.3) is 5.97 Å². The molecule has 0 bridgehead atoms. The summed E-state index contributed by atoms with van der Waals surface area (Å²) < 4.78 is 25.8. The van der Waals surface area contributed by atoms with Crippen LogP contribution in [0.2, 0.25) is 0 Å². The van der Waals surface area contributed by atoms with Crippen LogP contribution in [-0.2, 0) is 18.9 Å². The van der Waals surface area contributed by atoms with Crippen LogP contribution < -0.4 is 0 Å². The van der Waals surface area contributed by atoms with Crippen LogP contribution >= 0.6 is 0 Å². The summed E-state index contributed by atoms with van der Waals surface area (Å²) in [5.74, 6) is -0.911. The molecule has 0 aromatic heterocycles. The molecule has 0 radical (unpaired) electrons. The van der Waals surface area contributed by atoms with Crippen LogP contribution in [0, 0.1) is 0 Å². The minimum absolute atomic E-state index is 0. The summed E-state index contributed by atoms with van der Waals surface area (Å²) in [7, 11) is 0. The Morgan fingerprint density at radius 3 is 1.74 bits per heavy atom. The second-order valence-corrected chi connectivity index (χ2v) is 10.1. The number of ether oxygens (including phenoxy) is 4. The number of unbranched alkanes of at least 4 members (excludes halogenated alkanes) is 9. The molecule has 0 amide bonds. The number of hydrogen-bond acceptors (Lipinski definition) is 4. The van der Waals surface area contributed by atoms with E-state index < -0.39 is 5.97 Å². The Hall–Kier alpha value is -0.200. The van der Waals surface area contributed by atoms with Gasteiger partial charge in [0, 0.05) is 13.0 Å². The van der Waals surface area contributed by atoms with E-state index in [1.54, 1.807) is 0 Å². The van der Waals surface area contributed by atoms with Gasteiger partial charge in [-0.25, -0.2) is 0 Å². The zero-order valence-electron chi connectivity index (χ0n) is 24.6. The summed E-state index contributed by atoms with van der Waals surface area (Å²) >= 11 is 0. The molecule has 0 fully saturated rings. The van der Waals surface area contributed by atoms with Crippen molar-refractivity contribution < 1.29 is 24.4 Å². The molecule has 0 heterocycles. The molecule has 3 unspecified atom stereocenters. The van der Waals surface area contributed by atoms with Crippen LogP contribution in [0.1, 0.15) is 157 Å². The Labute approximate surface area is 219 Å². The molecule has 5 heteroatoms. The Bertz CT molecular complexity index is 392. The zero-order valence-corrected chi connectivity index (χ0v) is 24.6. The van der Waals surface area contributed by atoms with Gasteiger partial charge in [0.2, 0.25) is 0 Å². The predicted molar refractivity (Wildman–Crippen MR) is 150 cm³/mol. The Morgan fingerprint density at radius 1 is 0.543 bits per heavy atom. The molecule has 0 saturated heterocycles. The summed E-state index contributed by atoms with van der Waals surface area (Å²) in [5.41, 5.74) is 0. The zero-order chi connectivity index (χ0) is 25.3. The van der Waals surface area contributed by atoms with Gasteiger partial charge in [-0.3, -0.25) is 0 Å². The van der Waals surface area contributed by atoms with Crippen molar-refractivity contribution in [3.05, 3.63) is 0 Å². The Morgan fingerprint density at radius 2 is 1.11 bits per heavy atom. The quantitative estimate of drug-likeness (QED) is 0.0828. The molecule has 0 aliphatic heterocycles. The molecule has 0 rings (SSSR count). The van der Waals surface area contributed by atoms with E-state index in [-0.39, 0.29) is 17.7 Å². The molecule has 214 valence electrons. The molecule has 35 heavy (non-hydrogen) atoms. The van der Waals surface area contributed by atoms with Crippen LogP contribution in [-0.4, -0.2) is 43.5 Å². The fourth-order valence-electron chi connectivity index (χ4n) is 4.29. The van der Waals surface area contributed by atoms with Crippen LogP contribution in [0.15, 0.2) is 0 Å². The van der Waals surface area contributed by atoms with Gasteiger partial charge >= 0.3 is 0 Å². The van der Waals surface area contributed by atoms with Crippen LogP contribution in [0.4, 0.5) is 0 Å². The predicted octanol–water partition coefficient (Wildman–Crippen LogP) is 8.76. The fraction of sp³-hybridized carbons (Fsp3) is 1.00. The van der Waals surface area contributed by atoms with E-state index in [0.717, 1.165) is 58.0 Å². The van der Waals surface area contributed by atoms with Gasteiger partial charge in [-0.05, 0) is 45.4 Å². The average Bonchev–Trinajstić information content (AvgIpc) is 2.82. The highest BCUT2D eigenvalue weighted by molar-refractivity contribution is 4.66. The van der Waals surface area contributed by atoms with Gasteiger partial charge in [-0.2, -0.15) is 0 Å². The molecule has 0 saturated carbocycles. The van der Waals surface area contributed by atoms with Gasteiger partial charge in [-0.1, -0.05) is 105 Å². The minimum atomic E-state index is -0.911. The molecule has 3 atom stereocenters. The van der Waals surface area contributed by atoms with Crippen molar-refractivity contribution in [3.63, 3.8) is 0 Å². The van der Waals surface area contributed by atoms with Crippen molar-refractivity contribution in [3.8, 4) is 0 Å². The van der Waals surface area contributed by atoms with Gasteiger partial charge in [0.1, 0.15) is 0 Å². The van der Waals surface area contributed by atoms with Gasteiger partial charge in [-0.15, -0.1) is 0 Å². The third-order valence-corrected chi connectivity index (χ3v) is 6.48. The molecule has 0 aromatic carbocycles. The second kappa shape index (κ2) is 26.9.